The van der Waals surface area contributed by atoms with Gasteiger partial charge in [0.15, 0.2) is 0 Å². The lowest BCUT2D eigenvalue weighted by atomic mass is 9.81. The molecule has 0 saturated carbocycles. The van der Waals surface area contributed by atoms with Crippen molar-refractivity contribution in [3.8, 4) is 0 Å². The lowest BCUT2D eigenvalue weighted by molar-refractivity contribution is -0.123. The lowest BCUT2D eigenvalue weighted by Crippen LogP contribution is -2.45. The monoisotopic (exact) mass is 228 g/mol. The molecule has 16 heavy (non-hydrogen) atoms. The molecule has 3 heteroatoms. The summed E-state index contributed by atoms with van der Waals surface area (Å²) in [5.41, 5.74) is 5.92. The fraction of sp³-hybridized carbons (Fsp3) is 0.923. The van der Waals surface area contributed by atoms with E-state index in [-0.39, 0.29) is 17.4 Å². The van der Waals surface area contributed by atoms with Gasteiger partial charge in [0.05, 0.1) is 6.04 Å². The number of carbonyl (C=O) groups is 1. The second-order valence-electron chi connectivity index (χ2n) is 5.61. The Morgan fingerprint density at radius 2 is 1.94 bits per heavy atom. The third-order valence-electron chi connectivity index (χ3n) is 3.49. The Morgan fingerprint density at radius 3 is 2.38 bits per heavy atom. The van der Waals surface area contributed by atoms with Gasteiger partial charge in [0, 0.05) is 6.54 Å². The molecule has 1 amide bonds. The Kier molecular flexibility index (Phi) is 6.65. The van der Waals surface area contributed by atoms with E-state index in [4.69, 9.17) is 5.73 Å². The molecule has 0 rings (SSSR count). The van der Waals surface area contributed by atoms with Crippen LogP contribution in [0.2, 0.25) is 0 Å². The van der Waals surface area contributed by atoms with Crippen LogP contribution in [0.25, 0.3) is 0 Å². The van der Waals surface area contributed by atoms with Crippen LogP contribution in [0.1, 0.15) is 53.9 Å². The van der Waals surface area contributed by atoms with Crippen molar-refractivity contribution in [2.45, 2.75) is 59.9 Å². The van der Waals surface area contributed by atoms with E-state index in [1.54, 1.807) is 0 Å². The summed E-state index contributed by atoms with van der Waals surface area (Å²) in [6.07, 6.45) is 2.88. The van der Waals surface area contributed by atoms with E-state index in [1.807, 2.05) is 0 Å². The van der Waals surface area contributed by atoms with Crippen molar-refractivity contribution in [1.82, 2.24) is 5.32 Å². The normalized spacial score (nSPS) is 13.9. The van der Waals surface area contributed by atoms with E-state index in [9.17, 15) is 4.79 Å². The van der Waals surface area contributed by atoms with Crippen LogP contribution in [0.3, 0.4) is 0 Å². The fourth-order valence-electron chi connectivity index (χ4n) is 1.21. The molecule has 1 unspecified atom stereocenters. The third-order valence-corrected chi connectivity index (χ3v) is 3.49. The molecule has 0 aromatic carbocycles. The van der Waals surface area contributed by atoms with Gasteiger partial charge in [-0.1, -0.05) is 47.5 Å². The summed E-state index contributed by atoms with van der Waals surface area (Å²) in [4.78, 5) is 11.7. The summed E-state index contributed by atoms with van der Waals surface area (Å²) in [6, 6.07) is -0.345. The van der Waals surface area contributed by atoms with Crippen LogP contribution in [0.15, 0.2) is 0 Å². The van der Waals surface area contributed by atoms with Crippen LogP contribution < -0.4 is 11.1 Å². The van der Waals surface area contributed by atoms with Crippen molar-refractivity contribution in [3.05, 3.63) is 0 Å². The number of nitrogens with one attached hydrogen (secondary N) is 1. The first kappa shape index (κ1) is 15.4. The van der Waals surface area contributed by atoms with Gasteiger partial charge >= 0.3 is 0 Å². The quantitative estimate of drug-likeness (QED) is 0.702. The maximum atomic E-state index is 11.7. The van der Waals surface area contributed by atoms with Gasteiger partial charge in [-0.3, -0.25) is 4.79 Å². The number of unbranched alkanes of at least 4 members (excludes halogenated alkanes) is 1. The Balaban J connectivity index is 3.97. The number of hydrogen-bond donors (Lipinski definition) is 2. The zero-order chi connectivity index (χ0) is 12.8. The zero-order valence-corrected chi connectivity index (χ0v) is 11.5. The van der Waals surface area contributed by atoms with Gasteiger partial charge in [0.1, 0.15) is 0 Å². The van der Waals surface area contributed by atoms with Gasteiger partial charge in [-0.2, -0.15) is 0 Å². The largest absolute Gasteiger partial charge is 0.354 e. The van der Waals surface area contributed by atoms with Crippen LogP contribution in [0.5, 0.6) is 0 Å². The fourth-order valence-corrected chi connectivity index (χ4v) is 1.21. The molecule has 0 saturated heterocycles. The van der Waals surface area contributed by atoms with Gasteiger partial charge < -0.3 is 11.1 Å². The number of hydrogen-bond acceptors (Lipinski definition) is 2. The molecular weight excluding hydrogens is 200 g/mol. The van der Waals surface area contributed by atoms with E-state index in [0.29, 0.717) is 12.5 Å². The standard InChI is InChI=1S/C13H28N2O/c1-6-7-8-11(14)12(16)15-9-13(4,5)10(2)3/h10-11H,6-9,14H2,1-5H3,(H,15,16). The Bertz CT molecular complexity index is 212. The topological polar surface area (TPSA) is 55.1 Å². The summed E-state index contributed by atoms with van der Waals surface area (Å²) in [7, 11) is 0. The first-order chi connectivity index (χ1) is 7.31. The van der Waals surface area contributed by atoms with Crippen LogP contribution in [0, 0.1) is 11.3 Å². The molecule has 0 aromatic heterocycles. The molecule has 0 spiro atoms. The Labute approximate surface area is 100 Å². The molecule has 3 nitrogen and oxygen atoms in total. The van der Waals surface area contributed by atoms with Gasteiger partial charge in [0.25, 0.3) is 0 Å². The first-order valence-electron chi connectivity index (χ1n) is 6.34. The molecule has 3 N–H and O–H groups in total. The Morgan fingerprint density at radius 1 is 1.38 bits per heavy atom. The Hall–Kier alpha value is -0.570. The molecule has 0 fully saturated rings. The van der Waals surface area contributed by atoms with Crippen LogP contribution in [-0.4, -0.2) is 18.5 Å². The second-order valence-corrected chi connectivity index (χ2v) is 5.61. The average Bonchev–Trinajstić information content (AvgIpc) is 2.22. The summed E-state index contributed by atoms with van der Waals surface area (Å²) in [5.74, 6) is 0.529. The molecular formula is C13H28N2O. The van der Waals surface area contributed by atoms with Gasteiger partial charge in [-0.05, 0) is 17.8 Å². The highest BCUT2D eigenvalue weighted by atomic mass is 16.2. The predicted octanol–water partition coefficient (Wildman–Crippen LogP) is 2.30. The van der Waals surface area contributed by atoms with Crippen LogP contribution >= 0.6 is 0 Å². The molecule has 0 aromatic rings. The molecule has 0 bridgehead atoms. The van der Waals surface area contributed by atoms with E-state index in [2.05, 4.69) is 39.9 Å². The van der Waals surface area contributed by atoms with Crippen LogP contribution in [-0.2, 0) is 4.79 Å². The highest BCUT2D eigenvalue weighted by Gasteiger charge is 2.24. The summed E-state index contributed by atoms with van der Waals surface area (Å²) < 4.78 is 0. The predicted molar refractivity (Wildman–Crippen MR) is 69.1 cm³/mol. The smallest absolute Gasteiger partial charge is 0.236 e. The summed E-state index contributed by atoms with van der Waals surface area (Å²) >= 11 is 0. The minimum Gasteiger partial charge on any atom is -0.354 e. The van der Waals surface area contributed by atoms with E-state index < -0.39 is 0 Å². The van der Waals surface area contributed by atoms with Crippen molar-refractivity contribution in [3.63, 3.8) is 0 Å². The summed E-state index contributed by atoms with van der Waals surface area (Å²) in [6.45, 7) is 11.5. The van der Waals surface area contributed by atoms with Gasteiger partial charge in [-0.15, -0.1) is 0 Å². The van der Waals surface area contributed by atoms with E-state index >= 15 is 0 Å². The molecule has 96 valence electrons. The van der Waals surface area contributed by atoms with Crippen molar-refractivity contribution in [2.24, 2.45) is 17.1 Å². The molecule has 0 aliphatic heterocycles. The molecule has 1 atom stereocenters. The number of nitrogens with two attached hydrogens (primary N) is 1. The van der Waals surface area contributed by atoms with E-state index in [0.717, 1.165) is 19.3 Å². The number of carbonyl (C=O) groups excluding carboxylic acids is 1. The molecule has 0 radical (unpaired) electrons. The number of rotatable bonds is 7. The number of amides is 1. The van der Waals surface area contributed by atoms with E-state index in [1.165, 1.54) is 0 Å². The van der Waals surface area contributed by atoms with Crippen molar-refractivity contribution < 1.29 is 4.79 Å². The minimum atomic E-state index is -0.345. The zero-order valence-electron chi connectivity index (χ0n) is 11.5. The van der Waals surface area contributed by atoms with Crippen molar-refractivity contribution >= 4 is 5.91 Å². The van der Waals surface area contributed by atoms with Crippen molar-refractivity contribution in [2.75, 3.05) is 6.54 Å². The molecule has 0 heterocycles. The van der Waals surface area contributed by atoms with Crippen molar-refractivity contribution in [1.29, 1.82) is 0 Å². The summed E-state index contributed by atoms with van der Waals surface area (Å²) in [5, 5.41) is 2.95. The molecule has 0 aliphatic carbocycles. The maximum absolute atomic E-state index is 11.7. The second kappa shape index (κ2) is 6.89. The molecule has 0 aliphatic rings. The highest BCUT2D eigenvalue weighted by Crippen LogP contribution is 2.24. The third kappa shape index (κ3) is 5.50. The maximum Gasteiger partial charge on any atom is 0.236 e. The minimum absolute atomic E-state index is 0.0119. The van der Waals surface area contributed by atoms with Gasteiger partial charge in [-0.25, -0.2) is 0 Å². The SMILES string of the molecule is CCCCC(N)C(=O)NCC(C)(C)C(C)C. The van der Waals surface area contributed by atoms with Gasteiger partial charge in [0.2, 0.25) is 5.91 Å². The average molecular weight is 228 g/mol. The van der Waals surface area contributed by atoms with Crippen LogP contribution in [0.4, 0.5) is 0 Å². The highest BCUT2D eigenvalue weighted by molar-refractivity contribution is 5.81. The lowest BCUT2D eigenvalue weighted by Gasteiger charge is -2.29. The first-order valence-corrected chi connectivity index (χ1v) is 6.34.